The van der Waals surface area contributed by atoms with E-state index in [2.05, 4.69) is 34.2 Å². The fourth-order valence-electron chi connectivity index (χ4n) is 3.21. The van der Waals surface area contributed by atoms with Crippen LogP contribution in [0.5, 0.6) is 5.75 Å². The van der Waals surface area contributed by atoms with E-state index in [1.54, 1.807) is 24.1 Å². The summed E-state index contributed by atoms with van der Waals surface area (Å²) in [6, 6.07) is 15.8. The number of benzene rings is 2. The van der Waals surface area contributed by atoms with Crippen molar-refractivity contribution in [3.8, 4) is 22.8 Å². The van der Waals surface area contributed by atoms with Crippen molar-refractivity contribution in [3.63, 3.8) is 0 Å². The normalized spacial score (nSPS) is 11.3. The van der Waals surface area contributed by atoms with Gasteiger partial charge in [-0.1, -0.05) is 24.3 Å². The number of rotatable bonds is 3. The summed E-state index contributed by atoms with van der Waals surface area (Å²) < 4.78 is 8.93. The Morgan fingerprint density at radius 1 is 1.00 bits per heavy atom. The minimum atomic E-state index is 0.588. The van der Waals surface area contributed by atoms with Crippen LogP contribution in [0.3, 0.4) is 0 Å². The van der Waals surface area contributed by atoms with Crippen LogP contribution in [0.25, 0.3) is 33.8 Å². The number of methoxy groups -OCH3 is 1. The number of para-hydroxylation sites is 1. The summed E-state index contributed by atoms with van der Waals surface area (Å²) >= 11 is 0. The summed E-state index contributed by atoms with van der Waals surface area (Å²) in [4.78, 5) is 9.28. The Labute approximate surface area is 154 Å². The molecule has 0 bridgehead atoms. The van der Waals surface area contributed by atoms with E-state index in [0.717, 1.165) is 33.6 Å². The molecule has 0 N–H and O–H groups in total. The maximum atomic E-state index is 5.44. The van der Waals surface area contributed by atoms with Gasteiger partial charge in [0.05, 0.1) is 29.9 Å². The maximum Gasteiger partial charge on any atom is 0.185 e. The molecule has 5 aromatic rings. The topological polar surface area (TPSA) is 70.1 Å². The molecule has 27 heavy (non-hydrogen) atoms. The molecule has 5 rings (SSSR count). The standard InChI is InChI=1S/C20H16N6O/c1-13-6-5-7-14(10-13)26-19-16(11-22-26)20-23-18(24-25(20)12-21-19)15-8-3-4-9-17(15)27-2/h3-12H,1-2H3. The summed E-state index contributed by atoms with van der Waals surface area (Å²) in [6.45, 7) is 2.05. The Bertz CT molecular complexity index is 1290. The van der Waals surface area contributed by atoms with Crippen molar-refractivity contribution in [1.82, 2.24) is 29.4 Å². The number of nitrogens with zero attached hydrogens (tertiary/aromatic N) is 6. The van der Waals surface area contributed by atoms with Gasteiger partial charge in [0.15, 0.2) is 17.1 Å². The third-order valence-corrected chi connectivity index (χ3v) is 4.50. The van der Waals surface area contributed by atoms with Crippen molar-refractivity contribution in [1.29, 1.82) is 0 Å². The molecular weight excluding hydrogens is 340 g/mol. The molecule has 0 unspecified atom stereocenters. The smallest absolute Gasteiger partial charge is 0.185 e. The lowest BCUT2D eigenvalue weighted by molar-refractivity contribution is 0.416. The number of fused-ring (bicyclic) bond motifs is 3. The lowest BCUT2D eigenvalue weighted by atomic mass is 10.2. The molecule has 0 amide bonds. The summed E-state index contributed by atoms with van der Waals surface area (Å²) in [7, 11) is 1.64. The highest BCUT2D eigenvalue weighted by Gasteiger charge is 2.16. The average Bonchev–Trinajstić information content (AvgIpc) is 3.31. The van der Waals surface area contributed by atoms with Crippen LogP contribution < -0.4 is 4.74 Å². The quantitative estimate of drug-likeness (QED) is 0.495. The van der Waals surface area contributed by atoms with Gasteiger partial charge >= 0.3 is 0 Å². The molecule has 132 valence electrons. The SMILES string of the molecule is COc1ccccc1-c1nc2c3cnn(-c4cccc(C)c4)c3ncn2n1. The predicted molar refractivity (Wildman–Crippen MR) is 102 cm³/mol. The van der Waals surface area contributed by atoms with Crippen molar-refractivity contribution < 1.29 is 4.74 Å². The fourth-order valence-corrected chi connectivity index (χ4v) is 3.21. The van der Waals surface area contributed by atoms with Gasteiger partial charge in [-0.25, -0.2) is 19.2 Å². The fraction of sp³-hybridized carbons (Fsp3) is 0.100. The van der Waals surface area contributed by atoms with Gasteiger partial charge in [-0.3, -0.25) is 0 Å². The van der Waals surface area contributed by atoms with Crippen molar-refractivity contribution in [2.24, 2.45) is 0 Å². The molecule has 0 aliphatic rings. The van der Waals surface area contributed by atoms with Gasteiger partial charge in [-0.15, -0.1) is 5.10 Å². The molecule has 3 aromatic heterocycles. The molecule has 0 atom stereocenters. The summed E-state index contributed by atoms with van der Waals surface area (Å²) in [6.07, 6.45) is 3.44. The number of ether oxygens (including phenoxy) is 1. The second kappa shape index (κ2) is 5.91. The Balaban J connectivity index is 1.71. The van der Waals surface area contributed by atoms with Crippen LogP contribution in [0.4, 0.5) is 0 Å². The summed E-state index contributed by atoms with van der Waals surface area (Å²) in [5, 5.41) is 9.93. The van der Waals surface area contributed by atoms with E-state index in [1.165, 1.54) is 0 Å². The lowest BCUT2D eigenvalue weighted by Crippen LogP contribution is -1.99. The molecule has 0 saturated carbocycles. The first kappa shape index (κ1) is 15.5. The first-order valence-corrected chi connectivity index (χ1v) is 8.54. The van der Waals surface area contributed by atoms with Crippen LogP contribution in [0.2, 0.25) is 0 Å². The van der Waals surface area contributed by atoms with Crippen molar-refractivity contribution in [2.45, 2.75) is 6.92 Å². The van der Waals surface area contributed by atoms with Crippen LogP contribution in [0.1, 0.15) is 5.56 Å². The van der Waals surface area contributed by atoms with E-state index in [-0.39, 0.29) is 0 Å². The highest BCUT2D eigenvalue weighted by atomic mass is 16.5. The first-order chi connectivity index (χ1) is 13.2. The van der Waals surface area contributed by atoms with Crippen LogP contribution in [0.15, 0.2) is 61.1 Å². The average molecular weight is 356 g/mol. The zero-order valence-corrected chi connectivity index (χ0v) is 14.9. The van der Waals surface area contributed by atoms with Gasteiger partial charge in [0.25, 0.3) is 0 Å². The van der Waals surface area contributed by atoms with Gasteiger partial charge in [-0.2, -0.15) is 5.10 Å². The minimum Gasteiger partial charge on any atom is -0.496 e. The lowest BCUT2D eigenvalue weighted by Gasteiger charge is -2.03. The monoisotopic (exact) mass is 356 g/mol. The molecule has 3 heterocycles. The zero-order chi connectivity index (χ0) is 18.4. The molecule has 0 saturated heterocycles. The van der Waals surface area contributed by atoms with Gasteiger partial charge in [0, 0.05) is 0 Å². The number of aromatic nitrogens is 6. The third-order valence-electron chi connectivity index (χ3n) is 4.50. The highest BCUT2D eigenvalue weighted by molar-refractivity contribution is 5.90. The van der Waals surface area contributed by atoms with Crippen molar-refractivity contribution >= 4 is 16.7 Å². The second-order valence-corrected chi connectivity index (χ2v) is 6.28. The van der Waals surface area contributed by atoms with Crippen LogP contribution in [0, 0.1) is 6.92 Å². The third kappa shape index (κ3) is 2.43. The predicted octanol–water partition coefficient (Wildman–Crippen LogP) is 3.45. The molecule has 0 fully saturated rings. The number of hydrogen-bond donors (Lipinski definition) is 0. The zero-order valence-electron chi connectivity index (χ0n) is 14.9. The van der Waals surface area contributed by atoms with Gasteiger partial charge < -0.3 is 4.74 Å². The van der Waals surface area contributed by atoms with E-state index < -0.39 is 0 Å². The van der Waals surface area contributed by atoms with E-state index >= 15 is 0 Å². The minimum absolute atomic E-state index is 0.588. The number of aryl methyl sites for hydroxylation is 1. The van der Waals surface area contributed by atoms with Crippen molar-refractivity contribution in [3.05, 3.63) is 66.6 Å². The van der Waals surface area contributed by atoms with Gasteiger partial charge in [0.1, 0.15) is 12.1 Å². The van der Waals surface area contributed by atoms with E-state index in [1.807, 2.05) is 41.1 Å². The van der Waals surface area contributed by atoms with Crippen LogP contribution in [-0.4, -0.2) is 36.5 Å². The maximum absolute atomic E-state index is 5.44. The Hall–Kier alpha value is -3.74. The largest absolute Gasteiger partial charge is 0.496 e. The summed E-state index contributed by atoms with van der Waals surface area (Å²) in [5.41, 5.74) is 4.42. The first-order valence-electron chi connectivity index (χ1n) is 8.54. The van der Waals surface area contributed by atoms with E-state index in [9.17, 15) is 0 Å². The summed E-state index contributed by atoms with van der Waals surface area (Å²) in [5.74, 6) is 1.32. The second-order valence-electron chi connectivity index (χ2n) is 6.28. The molecule has 0 aliphatic carbocycles. The molecular formula is C20H16N6O. The van der Waals surface area contributed by atoms with Crippen LogP contribution in [-0.2, 0) is 0 Å². The molecule has 0 radical (unpaired) electrons. The molecule has 0 spiro atoms. The Kier molecular flexibility index (Phi) is 3.39. The van der Waals surface area contributed by atoms with E-state index in [0.29, 0.717) is 11.5 Å². The van der Waals surface area contributed by atoms with Crippen molar-refractivity contribution in [2.75, 3.05) is 7.11 Å². The number of hydrogen-bond acceptors (Lipinski definition) is 5. The Morgan fingerprint density at radius 2 is 1.89 bits per heavy atom. The molecule has 7 heteroatoms. The molecule has 0 aliphatic heterocycles. The van der Waals surface area contributed by atoms with Crippen LogP contribution >= 0.6 is 0 Å². The van der Waals surface area contributed by atoms with Gasteiger partial charge in [0.2, 0.25) is 0 Å². The van der Waals surface area contributed by atoms with Gasteiger partial charge in [-0.05, 0) is 36.8 Å². The van der Waals surface area contributed by atoms with E-state index in [4.69, 9.17) is 9.72 Å². The molecule has 2 aromatic carbocycles. The Morgan fingerprint density at radius 3 is 2.74 bits per heavy atom. The highest BCUT2D eigenvalue weighted by Crippen LogP contribution is 2.28. The molecule has 7 nitrogen and oxygen atoms in total.